The molecule has 0 bridgehead atoms. The molecule has 182 valence electrons. The van der Waals surface area contributed by atoms with Gasteiger partial charge in [0.05, 0.1) is 28.9 Å². The number of benzene rings is 3. The van der Waals surface area contributed by atoms with Crippen LogP contribution in [0.5, 0.6) is 0 Å². The number of nitrogens with two attached hydrogens (primary N) is 1. The van der Waals surface area contributed by atoms with Gasteiger partial charge >= 0.3 is 0 Å². The molecule has 1 aliphatic heterocycles. The minimum absolute atomic E-state index is 0.0669. The summed E-state index contributed by atoms with van der Waals surface area (Å²) in [5.74, 6) is -1.44. The van der Waals surface area contributed by atoms with E-state index in [1.54, 1.807) is 34.0 Å². The molecule has 2 amide bonds. The Morgan fingerprint density at radius 1 is 1.08 bits per heavy atom. The molecule has 3 atom stereocenters. The van der Waals surface area contributed by atoms with Gasteiger partial charge in [0.1, 0.15) is 5.82 Å². The summed E-state index contributed by atoms with van der Waals surface area (Å²) in [6.07, 6.45) is 3.06. The second-order valence-corrected chi connectivity index (χ2v) is 10.2. The van der Waals surface area contributed by atoms with E-state index in [0.29, 0.717) is 23.6 Å². The Labute approximate surface area is 212 Å². The van der Waals surface area contributed by atoms with Crippen LogP contribution >= 0.6 is 11.6 Å². The molecule has 6 rings (SSSR count). The van der Waals surface area contributed by atoms with Crippen molar-refractivity contribution in [3.05, 3.63) is 89.3 Å². The number of primary amides is 1. The number of rotatable bonds is 5. The summed E-state index contributed by atoms with van der Waals surface area (Å²) in [6, 6.07) is 18.8. The first-order valence-electron chi connectivity index (χ1n) is 11.9. The average molecular weight is 503 g/mol. The van der Waals surface area contributed by atoms with Gasteiger partial charge in [0.25, 0.3) is 0 Å². The molecule has 0 radical (unpaired) electrons. The Balaban J connectivity index is 1.48. The third-order valence-corrected chi connectivity index (χ3v) is 8.17. The summed E-state index contributed by atoms with van der Waals surface area (Å²) in [4.78, 5) is 28.1. The molecule has 1 aromatic heterocycles. The molecule has 1 saturated heterocycles. The topological polar surface area (TPSA) is 81.2 Å². The fourth-order valence-electron chi connectivity index (χ4n) is 5.90. The van der Waals surface area contributed by atoms with Crippen LogP contribution in [0.1, 0.15) is 31.4 Å². The Bertz CT molecular complexity index is 1510. The van der Waals surface area contributed by atoms with Crippen LogP contribution in [0.3, 0.4) is 0 Å². The monoisotopic (exact) mass is 502 g/mol. The van der Waals surface area contributed by atoms with Crippen molar-refractivity contribution in [2.24, 2.45) is 23.0 Å². The Morgan fingerprint density at radius 2 is 1.78 bits per heavy atom. The first-order chi connectivity index (χ1) is 17.3. The summed E-state index contributed by atoms with van der Waals surface area (Å²) >= 11 is 6.65. The van der Waals surface area contributed by atoms with Crippen LogP contribution in [0.25, 0.3) is 16.6 Å². The predicted molar refractivity (Wildman–Crippen MR) is 136 cm³/mol. The summed E-state index contributed by atoms with van der Waals surface area (Å²) < 4.78 is 15.1. The van der Waals surface area contributed by atoms with Gasteiger partial charge in [-0.2, -0.15) is 5.10 Å². The van der Waals surface area contributed by atoms with Crippen LogP contribution in [-0.2, 0) is 9.59 Å². The SMILES string of the molecule is CC1C(=O)N(c2ccc3c(cnn3-c3ccc(F)cc3)c2)C(c2ccccc2Cl)C1C1(C(N)=O)CC1. The highest BCUT2D eigenvalue weighted by molar-refractivity contribution is 6.31. The van der Waals surface area contributed by atoms with Crippen molar-refractivity contribution in [1.29, 1.82) is 0 Å². The van der Waals surface area contributed by atoms with E-state index >= 15 is 0 Å². The number of hydrogen-bond acceptors (Lipinski definition) is 3. The standard InChI is InChI=1S/C28H24ClFN4O2/c1-16-24(28(12-13-28)27(31)36)25(21-4-2-3-5-22(21)29)33(26(16)35)20-10-11-23-17(14-20)15-32-34(23)19-8-6-18(30)7-9-19/h2-11,14-16,24-25H,12-13H2,1H3,(H2,31,36). The largest absolute Gasteiger partial charge is 0.369 e. The molecule has 1 aliphatic carbocycles. The van der Waals surface area contributed by atoms with Gasteiger partial charge in [-0.1, -0.05) is 36.7 Å². The summed E-state index contributed by atoms with van der Waals surface area (Å²) in [6.45, 7) is 1.88. The van der Waals surface area contributed by atoms with Crippen molar-refractivity contribution < 1.29 is 14.0 Å². The molecule has 2 N–H and O–H groups in total. The van der Waals surface area contributed by atoms with E-state index < -0.39 is 17.4 Å². The molecular weight excluding hydrogens is 479 g/mol. The van der Waals surface area contributed by atoms with Crippen LogP contribution < -0.4 is 10.6 Å². The quantitative estimate of drug-likeness (QED) is 0.395. The van der Waals surface area contributed by atoms with Crippen LogP contribution in [0.2, 0.25) is 5.02 Å². The molecular formula is C28H24ClFN4O2. The van der Waals surface area contributed by atoms with Crippen LogP contribution in [-0.4, -0.2) is 21.6 Å². The van der Waals surface area contributed by atoms with Gasteiger partial charge in [-0.15, -0.1) is 0 Å². The van der Waals surface area contributed by atoms with E-state index in [-0.39, 0.29) is 23.5 Å². The fraction of sp³-hybridized carbons (Fsp3) is 0.250. The Hall–Kier alpha value is -3.71. The minimum Gasteiger partial charge on any atom is -0.369 e. The number of carbonyl (C=O) groups is 2. The lowest BCUT2D eigenvalue weighted by Crippen LogP contribution is -2.37. The first kappa shape index (κ1) is 22.7. The average Bonchev–Trinajstić information content (AvgIpc) is 3.50. The molecule has 1 saturated carbocycles. The molecule has 36 heavy (non-hydrogen) atoms. The molecule has 2 aliphatic rings. The second kappa shape index (κ2) is 8.17. The molecule has 8 heteroatoms. The fourth-order valence-corrected chi connectivity index (χ4v) is 6.14. The maximum atomic E-state index is 13.8. The van der Waals surface area contributed by atoms with Gasteiger partial charge in [0.2, 0.25) is 11.8 Å². The predicted octanol–water partition coefficient (Wildman–Crippen LogP) is 5.42. The Morgan fingerprint density at radius 3 is 2.44 bits per heavy atom. The lowest BCUT2D eigenvalue weighted by Gasteiger charge is -2.33. The van der Waals surface area contributed by atoms with Crippen molar-refractivity contribution in [3.63, 3.8) is 0 Å². The van der Waals surface area contributed by atoms with Crippen molar-refractivity contribution in [2.75, 3.05) is 4.90 Å². The van der Waals surface area contributed by atoms with Crippen LogP contribution in [0.15, 0.2) is 72.9 Å². The summed E-state index contributed by atoms with van der Waals surface area (Å²) in [5, 5.41) is 5.86. The number of fused-ring (bicyclic) bond motifs is 1. The van der Waals surface area contributed by atoms with Crippen LogP contribution in [0.4, 0.5) is 10.1 Å². The van der Waals surface area contributed by atoms with E-state index in [2.05, 4.69) is 5.10 Å². The zero-order valence-electron chi connectivity index (χ0n) is 19.6. The maximum absolute atomic E-state index is 13.8. The van der Waals surface area contributed by atoms with Gasteiger partial charge < -0.3 is 10.6 Å². The van der Waals surface area contributed by atoms with Crippen molar-refractivity contribution >= 4 is 40.0 Å². The van der Waals surface area contributed by atoms with E-state index in [9.17, 15) is 14.0 Å². The number of nitrogens with zero attached hydrogens (tertiary/aromatic N) is 3. The van der Waals surface area contributed by atoms with Gasteiger partial charge in [0, 0.05) is 27.9 Å². The third kappa shape index (κ3) is 3.33. The number of hydrogen-bond donors (Lipinski definition) is 1. The minimum atomic E-state index is -0.717. The van der Waals surface area contributed by atoms with Crippen molar-refractivity contribution in [3.8, 4) is 5.69 Å². The van der Waals surface area contributed by atoms with E-state index in [4.69, 9.17) is 17.3 Å². The van der Waals surface area contributed by atoms with Crippen molar-refractivity contribution in [2.45, 2.75) is 25.8 Å². The molecule has 2 heterocycles. The van der Waals surface area contributed by atoms with Gasteiger partial charge in [0.15, 0.2) is 0 Å². The lowest BCUT2D eigenvalue weighted by molar-refractivity contribution is -0.126. The van der Waals surface area contributed by atoms with Gasteiger partial charge in [-0.25, -0.2) is 9.07 Å². The van der Waals surface area contributed by atoms with E-state index in [0.717, 1.165) is 22.2 Å². The first-order valence-corrected chi connectivity index (χ1v) is 12.3. The number of aromatic nitrogens is 2. The van der Waals surface area contributed by atoms with E-state index in [1.165, 1.54) is 12.1 Å². The molecule has 4 aromatic rings. The molecule has 3 unspecified atom stereocenters. The zero-order chi connectivity index (χ0) is 25.2. The Kier molecular flexibility index (Phi) is 5.16. The second-order valence-electron chi connectivity index (χ2n) is 9.79. The number of carbonyl (C=O) groups excluding carboxylic acids is 2. The lowest BCUT2D eigenvalue weighted by atomic mass is 9.75. The molecule has 6 nitrogen and oxygen atoms in total. The molecule has 3 aromatic carbocycles. The van der Waals surface area contributed by atoms with E-state index in [1.807, 2.05) is 43.3 Å². The summed E-state index contributed by atoms with van der Waals surface area (Å²) in [7, 11) is 0. The number of halogens is 2. The number of amides is 2. The van der Waals surface area contributed by atoms with Crippen molar-refractivity contribution in [1.82, 2.24) is 9.78 Å². The molecule has 2 fully saturated rings. The highest BCUT2D eigenvalue weighted by Crippen LogP contribution is 2.63. The van der Waals surface area contributed by atoms with Crippen LogP contribution in [0, 0.1) is 23.1 Å². The highest BCUT2D eigenvalue weighted by Gasteiger charge is 2.64. The highest BCUT2D eigenvalue weighted by atomic mass is 35.5. The zero-order valence-corrected chi connectivity index (χ0v) is 20.3. The molecule has 0 spiro atoms. The number of anilines is 1. The van der Waals surface area contributed by atoms with Gasteiger partial charge in [-0.05, 0) is 66.9 Å². The summed E-state index contributed by atoms with van der Waals surface area (Å²) in [5.41, 5.74) is 8.23. The smallest absolute Gasteiger partial charge is 0.230 e. The van der Waals surface area contributed by atoms with Gasteiger partial charge in [-0.3, -0.25) is 9.59 Å². The maximum Gasteiger partial charge on any atom is 0.230 e. The third-order valence-electron chi connectivity index (χ3n) is 7.83. The normalized spacial score (nSPS) is 22.8.